The molecule has 1 saturated carbocycles. The molecule has 2 atom stereocenters. The first-order valence-electron chi connectivity index (χ1n) is 5.38. The third-order valence-corrected chi connectivity index (χ3v) is 2.93. The average Bonchev–Trinajstić information content (AvgIpc) is 1.97. The molecule has 0 radical (unpaired) electrons. The van der Waals surface area contributed by atoms with Crippen LogP contribution >= 0.6 is 0 Å². The summed E-state index contributed by atoms with van der Waals surface area (Å²) in [6.45, 7) is 8.01. The van der Waals surface area contributed by atoms with Crippen molar-refractivity contribution in [1.82, 2.24) is 5.32 Å². The Morgan fingerprint density at radius 2 is 2.08 bits per heavy atom. The van der Waals surface area contributed by atoms with E-state index in [1.165, 1.54) is 19.3 Å². The zero-order chi connectivity index (χ0) is 9.90. The van der Waals surface area contributed by atoms with Crippen molar-refractivity contribution in [2.24, 2.45) is 11.3 Å². The summed E-state index contributed by atoms with van der Waals surface area (Å²) in [4.78, 5) is 0. The summed E-state index contributed by atoms with van der Waals surface area (Å²) in [7, 11) is 0. The third-order valence-electron chi connectivity index (χ3n) is 2.93. The lowest BCUT2D eigenvalue weighted by molar-refractivity contribution is 0.146. The van der Waals surface area contributed by atoms with Crippen LogP contribution in [0.2, 0.25) is 0 Å². The van der Waals surface area contributed by atoms with Crippen LogP contribution in [0.5, 0.6) is 0 Å². The van der Waals surface area contributed by atoms with E-state index in [0.29, 0.717) is 11.5 Å². The highest BCUT2D eigenvalue weighted by Crippen LogP contribution is 2.38. The van der Waals surface area contributed by atoms with Gasteiger partial charge in [-0.1, -0.05) is 20.8 Å². The second-order valence-electron chi connectivity index (χ2n) is 5.29. The van der Waals surface area contributed by atoms with Crippen LogP contribution in [0.25, 0.3) is 0 Å². The lowest BCUT2D eigenvalue weighted by atomic mass is 9.70. The van der Waals surface area contributed by atoms with Crippen molar-refractivity contribution < 1.29 is 5.11 Å². The Labute approximate surface area is 81.7 Å². The minimum absolute atomic E-state index is 0.255. The lowest BCUT2D eigenvalue weighted by Gasteiger charge is -2.39. The maximum atomic E-state index is 8.73. The van der Waals surface area contributed by atoms with Gasteiger partial charge in [0.1, 0.15) is 0 Å². The SMILES string of the molecule is C[C@H]1C[C@H](NCCO)CC(C)(C)C1. The van der Waals surface area contributed by atoms with Gasteiger partial charge < -0.3 is 10.4 Å². The Balaban J connectivity index is 2.38. The van der Waals surface area contributed by atoms with E-state index in [9.17, 15) is 0 Å². The number of aliphatic hydroxyl groups excluding tert-OH is 1. The topological polar surface area (TPSA) is 32.3 Å². The van der Waals surface area contributed by atoms with E-state index in [0.717, 1.165) is 12.5 Å². The molecule has 0 aromatic heterocycles. The minimum Gasteiger partial charge on any atom is -0.395 e. The molecule has 2 heteroatoms. The molecule has 0 amide bonds. The van der Waals surface area contributed by atoms with Gasteiger partial charge in [-0.25, -0.2) is 0 Å². The van der Waals surface area contributed by atoms with E-state index in [1.807, 2.05) is 0 Å². The molecule has 2 nitrogen and oxygen atoms in total. The molecule has 1 aliphatic rings. The predicted molar refractivity (Wildman–Crippen MR) is 55.7 cm³/mol. The normalized spacial score (nSPS) is 33.2. The zero-order valence-electron chi connectivity index (χ0n) is 9.14. The van der Waals surface area contributed by atoms with Gasteiger partial charge in [-0.2, -0.15) is 0 Å². The molecule has 0 bridgehead atoms. The zero-order valence-corrected chi connectivity index (χ0v) is 9.14. The highest BCUT2D eigenvalue weighted by molar-refractivity contribution is 4.86. The molecular formula is C11H23NO. The van der Waals surface area contributed by atoms with Crippen molar-refractivity contribution in [3.05, 3.63) is 0 Å². The van der Waals surface area contributed by atoms with Gasteiger partial charge in [0.15, 0.2) is 0 Å². The van der Waals surface area contributed by atoms with Crippen molar-refractivity contribution in [2.45, 2.75) is 46.1 Å². The van der Waals surface area contributed by atoms with Gasteiger partial charge in [-0.15, -0.1) is 0 Å². The summed E-state index contributed by atoms with van der Waals surface area (Å²) < 4.78 is 0. The van der Waals surface area contributed by atoms with Crippen LogP contribution in [0.4, 0.5) is 0 Å². The summed E-state index contributed by atoms with van der Waals surface area (Å²) >= 11 is 0. The largest absolute Gasteiger partial charge is 0.395 e. The van der Waals surface area contributed by atoms with Gasteiger partial charge in [0.2, 0.25) is 0 Å². The maximum absolute atomic E-state index is 8.73. The first kappa shape index (κ1) is 11.0. The van der Waals surface area contributed by atoms with Crippen LogP contribution in [0, 0.1) is 11.3 Å². The summed E-state index contributed by atoms with van der Waals surface area (Å²) in [5.41, 5.74) is 0.477. The number of rotatable bonds is 3. The standard InChI is InChI=1S/C11H23NO/c1-9-6-10(12-4-5-13)8-11(2,3)7-9/h9-10,12-13H,4-8H2,1-3H3/t9-,10-/m0/s1. The van der Waals surface area contributed by atoms with E-state index in [2.05, 4.69) is 26.1 Å². The van der Waals surface area contributed by atoms with Crippen molar-refractivity contribution in [3.63, 3.8) is 0 Å². The van der Waals surface area contributed by atoms with Crippen LogP contribution in [0.1, 0.15) is 40.0 Å². The van der Waals surface area contributed by atoms with E-state index in [4.69, 9.17) is 5.11 Å². The van der Waals surface area contributed by atoms with Gasteiger partial charge in [0, 0.05) is 12.6 Å². The fourth-order valence-corrected chi connectivity index (χ4v) is 2.77. The second-order valence-corrected chi connectivity index (χ2v) is 5.29. The second kappa shape index (κ2) is 4.43. The first-order valence-corrected chi connectivity index (χ1v) is 5.38. The number of nitrogens with one attached hydrogen (secondary N) is 1. The molecule has 0 unspecified atom stereocenters. The molecule has 1 fully saturated rings. The van der Waals surface area contributed by atoms with E-state index in [-0.39, 0.29) is 6.61 Å². The van der Waals surface area contributed by atoms with Gasteiger partial charge in [-0.05, 0) is 30.6 Å². The minimum atomic E-state index is 0.255. The summed E-state index contributed by atoms with van der Waals surface area (Å²) in [5, 5.41) is 12.1. The molecule has 0 aromatic rings. The van der Waals surface area contributed by atoms with Crippen molar-refractivity contribution in [1.29, 1.82) is 0 Å². The highest BCUT2D eigenvalue weighted by atomic mass is 16.3. The van der Waals surface area contributed by atoms with E-state index in [1.54, 1.807) is 0 Å². The van der Waals surface area contributed by atoms with Crippen LogP contribution < -0.4 is 5.32 Å². The van der Waals surface area contributed by atoms with Gasteiger partial charge >= 0.3 is 0 Å². The Morgan fingerprint density at radius 3 is 2.62 bits per heavy atom. The summed E-state index contributed by atoms with van der Waals surface area (Å²) in [6.07, 6.45) is 3.85. The molecule has 78 valence electrons. The Bertz CT molecular complexity index is 156. The van der Waals surface area contributed by atoms with Gasteiger partial charge in [0.25, 0.3) is 0 Å². The third kappa shape index (κ3) is 3.65. The highest BCUT2D eigenvalue weighted by Gasteiger charge is 2.31. The molecule has 0 saturated heterocycles. The van der Waals surface area contributed by atoms with Crippen molar-refractivity contribution >= 4 is 0 Å². The molecule has 0 heterocycles. The van der Waals surface area contributed by atoms with E-state index < -0.39 is 0 Å². The summed E-state index contributed by atoms with van der Waals surface area (Å²) in [5.74, 6) is 0.819. The Hall–Kier alpha value is -0.0800. The quantitative estimate of drug-likeness (QED) is 0.702. The first-order chi connectivity index (χ1) is 6.03. The van der Waals surface area contributed by atoms with Crippen LogP contribution in [0.3, 0.4) is 0 Å². The molecule has 1 aliphatic carbocycles. The fraction of sp³-hybridized carbons (Fsp3) is 1.00. The summed E-state index contributed by atoms with van der Waals surface area (Å²) in [6, 6.07) is 0.617. The predicted octanol–water partition coefficient (Wildman–Crippen LogP) is 1.78. The van der Waals surface area contributed by atoms with Gasteiger partial charge in [-0.3, -0.25) is 0 Å². The Morgan fingerprint density at radius 1 is 1.38 bits per heavy atom. The monoisotopic (exact) mass is 185 g/mol. The molecule has 0 spiro atoms. The Kier molecular flexibility index (Phi) is 3.74. The molecule has 0 aliphatic heterocycles. The fourth-order valence-electron chi connectivity index (χ4n) is 2.77. The molecule has 0 aromatic carbocycles. The number of hydrogen-bond acceptors (Lipinski definition) is 2. The molecule has 1 rings (SSSR count). The van der Waals surface area contributed by atoms with Gasteiger partial charge in [0.05, 0.1) is 6.61 Å². The molecular weight excluding hydrogens is 162 g/mol. The van der Waals surface area contributed by atoms with Crippen LogP contribution in [-0.2, 0) is 0 Å². The van der Waals surface area contributed by atoms with Crippen LogP contribution in [-0.4, -0.2) is 24.3 Å². The van der Waals surface area contributed by atoms with Crippen molar-refractivity contribution in [2.75, 3.05) is 13.2 Å². The number of hydrogen-bond donors (Lipinski definition) is 2. The lowest BCUT2D eigenvalue weighted by Crippen LogP contribution is -2.41. The smallest absolute Gasteiger partial charge is 0.0556 e. The van der Waals surface area contributed by atoms with E-state index >= 15 is 0 Å². The van der Waals surface area contributed by atoms with Crippen molar-refractivity contribution in [3.8, 4) is 0 Å². The average molecular weight is 185 g/mol. The molecule has 2 N–H and O–H groups in total. The molecule has 13 heavy (non-hydrogen) atoms. The number of aliphatic hydroxyl groups is 1. The maximum Gasteiger partial charge on any atom is 0.0556 e. The van der Waals surface area contributed by atoms with Crippen LogP contribution in [0.15, 0.2) is 0 Å².